The summed E-state index contributed by atoms with van der Waals surface area (Å²) in [5.41, 5.74) is 4.11. The van der Waals surface area contributed by atoms with Gasteiger partial charge in [-0.1, -0.05) is 24.3 Å². The highest BCUT2D eigenvalue weighted by Crippen LogP contribution is 2.37. The van der Waals surface area contributed by atoms with Crippen LogP contribution in [0.5, 0.6) is 0 Å². The second-order valence-corrected chi connectivity index (χ2v) is 9.63. The minimum atomic E-state index is -0.788. The van der Waals surface area contributed by atoms with Crippen LogP contribution in [0.25, 0.3) is 0 Å². The number of esters is 1. The van der Waals surface area contributed by atoms with E-state index in [1.807, 2.05) is 25.1 Å². The highest BCUT2D eigenvalue weighted by atomic mass is 19.1. The molecule has 1 aliphatic rings. The summed E-state index contributed by atoms with van der Waals surface area (Å²) in [6, 6.07) is 18.6. The standard InChI is InChI=1S/C30H31FN4O4/c1-34(2)15-14-26(36)35(3)23-11-9-22(10-12-23)32-29(20-7-5-6-19(16-20)17-27(37)39-4)28-24-13-8-21(31)18-25(24)33-30(28)38/h5-13,16,18,28H,14-15,17H2,1-4H3,(H,33,38). The van der Waals surface area contributed by atoms with Gasteiger partial charge in [0.15, 0.2) is 0 Å². The molecule has 1 atom stereocenters. The Bertz CT molecular complexity index is 1420. The maximum absolute atomic E-state index is 13.9. The van der Waals surface area contributed by atoms with E-state index in [1.165, 1.54) is 19.2 Å². The van der Waals surface area contributed by atoms with Crippen LogP contribution in [0.15, 0.2) is 71.7 Å². The molecule has 4 rings (SSSR count). The van der Waals surface area contributed by atoms with Crippen molar-refractivity contribution in [1.29, 1.82) is 0 Å². The van der Waals surface area contributed by atoms with Gasteiger partial charge in [-0.3, -0.25) is 19.4 Å². The van der Waals surface area contributed by atoms with Gasteiger partial charge in [0.05, 0.1) is 24.9 Å². The van der Waals surface area contributed by atoms with Crippen LogP contribution in [0.2, 0.25) is 0 Å². The smallest absolute Gasteiger partial charge is 0.309 e. The van der Waals surface area contributed by atoms with Crippen molar-refractivity contribution in [1.82, 2.24) is 4.90 Å². The molecule has 0 spiro atoms. The van der Waals surface area contributed by atoms with Gasteiger partial charge in [-0.15, -0.1) is 0 Å². The fourth-order valence-corrected chi connectivity index (χ4v) is 4.40. The Hall–Kier alpha value is -4.37. The summed E-state index contributed by atoms with van der Waals surface area (Å²) in [4.78, 5) is 46.0. The Morgan fingerprint density at radius 3 is 2.46 bits per heavy atom. The lowest BCUT2D eigenvalue weighted by atomic mass is 9.89. The van der Waals surface area contributed by atoms with Crippen molar-refractivity contribution in [3.8, 4) is 0 Å². The topological polar surface area (TPSA) is 91.3 Å². The molecule has 1 aliphatic heterocycles. The second kappa shape index (κ2) is 12.0. The number of rotatable bonds is 9. The van der Waals surface area contributed by atoms with Gasteiger partial charge in [0.25, 0.3) is 0 Å². The van der Waals surface area contributed by atoms with Gasteiger partial charge in [0, 0.05) is 31.4 Å². The Morgan fingerprint density at radius 2 is 1.77 bits per heavy atom. The summed E-state index contributed by atoms with van der Waals surface area (Å²) in [5, 5.41) is 2.76. The lowest BCUT2D eigenvalue weighted by Crippen LogP contribution is -2.29. The highest BCUT2D eigenvalue weighted by Gasteiger charge is 2.35. The van der Waals surface area contributed by atoms with Crippen molar-refractivity contribution < 1.29 is 23.5 Å². The average Bonchev–Trinajstić information content (AvgIpc) is 3.24. The maximum Gasteiger partial charge on any atom is 0.309 e. The lowest BCUT2D eigenvalue weighted by molar-refractivity contribution is -0.139. The fourth-order valence-electron chi connectivity index (χ4n) is 4.40. The van der Waals surface area contributed by atoms with Gasteiger partial charge in [0.1, 0.15) is 11.7 Å². The fraction of sp³-hybridized carbons (Fsp3) is 0.267. The lowest BCUT2D eigenvalue weighted by Gasteiger charge is -2.19. The second-order valence-electron chi connectivity index (χ2n) is 9.63. The molecule has 0 aliphatic carbocycles. The number of carbonyl (C=O) groups excluding carboxylic acids is 3. The first-order valence-electron chi connectivity index (χ1n) is 12.5. The van der Waals surface area contributed by atoms with E-state index in [2.05, 4.69) is 5.32 Å². The minimum Gasteiger partial charge on any atom is -0.469 e. The number of carbonyl (C=O) groups is 3. The van der Waals surface area contributed by atoms with Gasteiger partial charge in [-0.2, -0.15) is 0 Å². The van der Waals surface area contributed by atoms with E-state index in [9.17, 15) is 18.8 Å². The van der Waals surface area contributed by atoms with E-state index in [0.717, 1.165) is 5.69 Å². The highest BCUT2D eigenvalue weighted by molar-refractivity contribution is 6.24. The van der Waals surface area contributed by atoms with Crippen molar-refractivity contribution in [2.75, 3.05) is 45.0 Å². The van der Waals surface area contributed by atoms with E-state index >= 15 is 0 Å². The quantitative estimate of drug-likeness (QED) is 0.329. The van der Waals surface area contributed by atoms with Crippen LogP contribution in [-0.4, -0.2) is 63.2 Å². The molecule has 3 aromatic carbocycles. The number of amides is 2. The van der Waals surface area contributed by atoms with Crippen molar-refractivity contribution in [3.05, 3.63) is 89.2 Å². The number of benzene rings is 3. The monoisotopic (exact) mass is 530 g/mol. The van der Waals surface area contributed by atoms with Gasteiger partial charge < -0.3 is 19.9 Å². The van der Waals surface area contributed by atoms with Gasteiger partial charge in [0.2, 0.25) is 11.8 Å². The number of hydrogen-bond acceptors (Lipinski definition) is 6. The molecule has 39 heavy (non-hydrogen) atoms. The normalized spacial score (nSPS) is 14.7. The first-order valence-corrected chi connectivity index (χ1v) is 12.5. The van der Waals surface area contributed by atoms with Crippen molar-refractivity contribution >= 4 is 40.6 Å². The van der Waals surface area contributed by atoms with E-state index in [1.54, 1.807) is 60.5 Å². The summed E-state index contributed by atoms with van der Waals surface area (Å²) in [5.74, 6) is -1.95. The van der Waals surface area contributed by atoms with Crippen molar-refractivity contribution in [2.24, 2.45) is 4.99 Å². The van der Waals surface area contributed by atoms with Gasteiger partial charge in [-0.05, 0) is 73.3 Å². The van der Waals surface area contributed by atoms with Crippen molar-refractivity contribution in [3.63, 3.8) is 0 Å². The number of anilines is 2. The summed E-state index contributed by atoms with van der Waals surface area (Å²) in [6.45, 7) is 0.652. The number of ether oxygens (including phenoxy) is 1. The molecular formula is C30H31FN4O4. The van der Waals surface area contributed by atoms with E-state index < -0.39 is 11.7 Å². The molecule has 2 amide bonds. The average molecular weight is 531 g/mol. The number of fused-ring (bicyclic) bond motifs is 1. The number of halogens is 1. The molecule has 3 aromatic rings. The van der Waals surface area contributed by atoms with Crippen LogP contribution < -0.4 is 10.2 Å². The molecular weight excluding hydrogens is 499 g/mol. The first kappa shape index (κ1) is 27.7. The van der Waals surface area contributed by atoms with Gasteiger partial charge in [-0.25, -0.2) is 4.39 Å². The van der Waals surface area contributed by atoms with Crippen LogP contribution >= 0.6 is 0 Å². The molecule has 1 unspecified atom stereocenters. The predicted molar refractivity (Wildman–Crippen MR) is 149 cm³/mol. The van der Waals surface area contributed by atoms with Crippen LogP contribution in [0, 0.1) is 5.82 Å². The molecule has 9 heteroatoms. The molecule has 0 fully saturated rings. The zero-order chi connectivity index (χ0) is 28.1. The molecule has 0 aromatic heterocycles. The van der Waals surface area contributed by atoms with Crippen LogP contribution in [-0.2, 0) is 25.5 Å². The molecule has 202 valence electrons. The first-order chi connectivity index (χ1) is 18.7. The summed E-state index contributed by atoms with van der Waals surface area (Å²) >= 11 is 0. The van der Waals surface area contributed by atoms with E-state index in [-0.39, 0.29) is 24.2 Å². The summed E-state index contributed by atoms with van der Waals surface area (Å²) in [6.07, 6.45) is 0.464. The predicted octanol–water partition coefficient (Wildman–Crippen LogP) is 4.31. The molecule has 1 N–H and O–H groups in total. The Morgan fingerprint density at radius 1 is 1.03 bits per heavy atom. The van der Waals surface area contributed by atoms with Crippen molar-refractivity contribution in [2.45, 2.75) is 18.8 Å². The largest absolute Gasteiger partial charge is 0.469 e. The number of nitrogens with one attached hydrogen (secondary N) is 1. The maximum atomic E-state index is 13.9. The zero-order valence-electron chi connectivity index (χ0n) is 22.4. The molecule has 0 bridgehead atoms. The van der Waals surface area contributed by atoms with Crippen LogP contribution in [0.1, 0.15) is 29.0 Å². The minimum absolute atomic E-state index is 0.00507. The number of hydrogen-bond donors (Lipinski definition) is 1. The Labute approximate surface area is 227 Å². The Balaban J connectivity index is 1.72. The molecule has 0 saturated heterocycles. The molecule has 0 saturated carbocycles. The zero-order valence-corrected chi connectivity index (χ0v) is 22.4. The molecule has 8 nitrogen and oxygen atoms in total. The van der Waals surface area contributed by atoms with E-state index in [4.69, 9.17) is 9.73 Å². The molecule has 1 heterocycles. The third-order valence-corrected chi connectivity index (χ3v) is 6.55. The molecule has 0 radical (unpaired) electrons. The van der Waals surface area contributed by atoms with Crippen LogP contribution in [0.3, 0.4) is 0 Å². The number of aliphatic imine (C=N–C) groups is 1. The third-order valence-electron chi connectivity index (χ3n) is 6.55. The SMILES string of the molecule is COC(=O)Cc1cccc(C(=Nc2ccc(N(C)C(=O)CCN(C)C)cc2)C2C(=O)Nc3cc(F)ccc32)c1. The number of methoxy groups -OCH3 is 1. The van der Waals surface area contributed by atoms with Crippen LogP contribution in [0.4, 0.5) is 21.5 Å². The summed E-state index contributed by atoms with van der Waals surface area (Å²) < 4.78 is 18.7. The van der Waals surface area contributed by atoms with Gasteiger partial charge >= 0.3 is 5.97 Å². The number of nitrogens with zero attached hydrogens (tertiary/aromatic N) is 3. The third kappa shape index (κ3) is 6.56. The van der Waals surface area contributed by atoms with E-state index in [0.29, 0.717) is 46.7 Å². The summed E-state index contributed by atoms with van der Waals surface area (Å²) in [7, 11) is 6.90. The Kier molecular flexibility index (Phi) is 8.51.